The van der Waals surface area contributed by atoms with Gasteiger partial charge in [0.1, 0.15) is 17.8 Å². The number of pyridine rings is 1. The maximum Gasteiger partial charge on any atom is 0.327 e. The number of aromatic nitrogens is 5. The Bertz CT molecular complexity index is 1460. The van der Waals surface area contributed by atoms with Gasteiger partial charge >= 0.3 is 5.69 Å². The van der Waals surface area contributed by atoms with Crippen LogP contribution in [0.1, 0.15) is 34.9 Å². The summed E-state index contributed by atoms with van der Waals surface area (Å²) in [5.41, 5.74) is 3.63. The number of amides is 1. The fraction of sp³-hybridized carbons (Fsp3) is 0.292. The summed E-state index contributed by atoms with van der Waals surface area (Å²) in [6, 6.07) is 11.2. The molecule has 1 aromatic carbocycles. The zero-order valence-corrected chi connectivity index (χ0v) is 19.1. The van der Waals surface area contributed by atoms with Crippen molar-refractivity contribution in [3.63, 3.8) is 0 Å². The number of carbonyl (C=O) groups is 1. The number of imidazole rings is 1. The summed E-state index contributed by atoms with van der Waals surface area (Å²) in [5.74, 6) is 0.581. The lowest BCUT2D eigenvalue weighted by atomic mass is 10.0. The van der Waals surface area contributed by atoms with Crippen LogP contribution in [0.4, 0.5) is 11.5 Å². The van der Waals surface area contributed by atoms with Gasteiger partial charge in [0.25, 0.3) is 5.91 Å². The highest BCUT2D eigenvalue weighted by Crippen LogP contribution is 2.32. The molecule has 4 aromatic rings. The first kappa shape index (κ1) is 20.9. The van der Waals surface area contributed by atoms with E-state index in [1.165, 1.54) is 6.33 Å². The van der Waals surface area contributed by atoms with Crippen LogP contribution in [0.5, 0.6) is 0 Å². The van der Waals surface area contributed by atoms with Crippen LogP contribution in [0.2, 0.25) is 5.02 Å². The maximum absolute atomic E-state index is 13.2. The van der Waals surface area contributed by atoms with Gasteiger partial charge in [-0.15, -0.1) is 0 Å². The third kappa shape index (κ3) is 3.52. The molecule has 0 unspecified atom stereocenters. The number of nitrogens with zero attached hydrogens (tertiary/aromatic N) is 6. The Morgan fingerprint density at radius 3 is 2.76 bits per heavy atom. The van der Waals surface area contributed by atoms with Crippen molar-refractivity contribution in [1.82, 2.24) is 24.5 Å². The van der Waals surface area contributed by atoms with E-state index in [1.807, 2.05) is 28.8 Å². The molecule has 5 heterocycles. The van der Waals surface area contributed by atoms with E-state index in [0.717, 1.165) is 54.9 Å². The molecule has 172 valence electrons. The number of anilines is 2. The van der Waals surface area contributed by atoms with Crippen molar-refractivity contribution >= 4 is 40.2 Å². The van der Waals surface area contributed by atoms with Crippen molar-refractivity contribution in [1.29, 1.82) is 0 Å². The highest BCUT2D eigenvalue weighted by Gasteiger charge is 2.28. The van der Waals surface area contributed by atoms with Crippen LogP contribution in [0.3, 0.4) is 0 Å². The van der Waals surface area contributed by atoms with Crippen molar-refractivity contribution in [2.45, 2.75) is 25.3 Å². The summed E-state index contributed by atoms with van der Waals surface area (Å²) < 4.78 is 1.81. The SMILES string of the molecule is O=C(c1cc(N2CCC(n3c(=O)[nH]c4ncccc43)CC2)ncn1)N1CCc2cc(Cl)ccc21. The van der Waals surface area contributed by atoms with E-state index >= 15 is 0 Å². The number of piperidine rings is 1. The number of benzene rings is 1. The molecular formula is C24H22ClN7O2. The number of nitrogens with one attached hydrogen (secondary N) is 1. The van der Waals surface area contributed by atoms with Crippen LogP contribution >= 0.6 is 11.6 Å². The van der Waals surface area contributed by atoms with Gasteiger partial charge in [0, 0.05) is 48.6 Å². The number of H-pyrrole nitrogens is 1. The van der Waals surface area contributed by atoms with Crippen molar-refractivity contribution in [2.75, 3.05) is 29.4 Å². The zero-order chi connectivity index (χ0) is 23.2. The summed E-state index contributed by atoms with van der Waals surface area (Å²) in [5, 5.41) is 0.673. The Morgan fingerprint density at radius 2 is 1.91 bits per heavy atom. The van der Waals surface area contributed by atoms with Crippen molar-refractivity contribution < 1.29 is 4.79 Å². The van der Waals surface area contributed by atoms with E-state index in [-0.39, 0.29) is 17.6 Å². The lowest BCUT2D eigenvalue weighted by molar-refractivity contribution is 0.0984. The quantitative estimate of drug-likeness (QED) is 0.488. The molecule has 2 aliphatic rings. The Morgan fingerprint density at radius 1 is 1.06 bits per heavy atom. The molecule has 0 radical (unpaired) electrons. The molecule has 1 saturated heterocycles. The number of fused-ring (bicyclic) bond motifs is 2. The minimum absolute atomic E-state index is 0.0811. The molecule has 0 aliphatic carbocycles. The van der Waals surface area contributed by atoms with Crippen LogP contribution in [0, 0.1) is 0 Å². The number of aromatic amines is 1. The number of halogens is 1. The van der Waals surface area contributed by atoms with E-state index in [1.54, 1.807) is 23.2 Å². The average molecular weight is 476 g/mol. The van der Waals surface area contributed by atoms with Crippen LogP contribution in [-0.4, -0.2) is 50.0 Å². The fourth-order valence-corrected chi connectivity index (χ4v) is 5.23. The first-order chi connectivity index (χ1) is 16.6. The van der Waals surface area contributed by atoms with Gasteiger partial charge in [0.15, 0.2) is 5.65 Å². The van der Waals surface area contributed by atoms with Gasteiger partial charge in [-0.3, -0.25) is 14.3 Å². The fourth-order valence-electron chi connectivity index (χ4n) is 5.03. The highest BCUT2D eigenvalue weighted by atomic mass is 35.5. The van der Waals surface area contributed by atoms with E-state index in [9.17, 15) is 9.59 Å². The zero-order valence-electron chi connectivity index (χ0n) is 18.3. The predicted octanol–water partition coefficient (Wildman–Crippen LogP) is 3.21. The molecule has 1 amide bonds. The summed E-state index contributed by atoms with van der Waals surface area (Å²) in [4.78, 5) is 45.4. The van der Waals surface area contributed by atoms with Gasteiger partial charge in [-0.1, -0.05) is 11.6 Å². The molecule has 6 rings (SSSR count). The molecule has 34 heavy (non-hydrogen) atoms. The van der Waals surface area contributed by atoms with E-state index in [2.05, 4.69) is 24.8 Å². The smallest absolute Gasteiger partial charge is 0.327 e. The molecule has 9 nitrogen and oxygen atoms in total. The van der Waals surface area contributed by atoms with Crippen LogP contribution in [0.25, 0.3) is 11.2 Å². The number of rotatable bonds is 3. The molecule has 0 atom stereocenters. The Balaban J connectivity index is 1.19. The van der Waals surface area contributed by atoms with Crippen molar-refractivity contribution in [2.24, 2.45) is 0 Å². The van der Waals surface area contributed by atoms with Gasteiger partial charge in [-0.05, 0) is 55.2 Å². The second-order valence-corrected chi connectivity index (χ2v) is 9.07. The molecule has 10 heteroatoms. The summed E-state index contributed by atoms with van der Waals surface area (Å²) in [7, 11) is 0. The summed E-state index contributed by atoms with van der Waals surface area (Å²) >= 11 is 6.10. The van der Waals surface area contributed by atoms with E-state index < -0.39 is 0 Å². The standard InChI is InChI=1S/C24H22ClN7O2/c25-16-3-4-19-15(12-16)5-11-31(19)23(33)18-13-21(28-14-27-18)30-9-6-17(7-10-30)32-20-2-1-8-26-22(20)29-24(32)34/h1-4,8,12-14,17H,5-7,9-11H2,(H,26,29,34). The minimum Gasteiger partial charge on any atom is -0.356 e. The van der Waals surface area contributed by atoms with Gasteiger partial charge in [-0.2, -0.15) is 0 Å². The van der Waals surface area contributed by atoms with E-state index in [4.69, 9.17) is 11.6 Å². The molecule has 2 aliphatic heterocycles. The van der Waals surface area contributed by atoms with Crippen LogP contribution in [-0.2, 0) is 6.42 Å². The number of carbonyl (C=O) groups excluding carboxylic acids is 1. The summed E-state index contributed by atoms with van der Waals surface area (Å²) in [6.07, 6.45) is 5.47. The van der Waals surface area contributed by atoms with Crippen molar-refractivity contribution in [3.8, 4) is 0 Å². The van der Waals surface area contributed by atoms with Crippen molar-refractivity contribution in [3.05, 3.63) is 75.7 Å². The van der Waals surface area contributed by atoms with Crippen LogP contribution in [0.15, 0.2) is 53.7 Å². The minimum atomic E-state index is -0.141. The second-order valence-electron chi connectivity index (χ2n) is 8.63. The van der Waals surface area contributed by atoms with Gasteiger partial charge < -0.3 is 9.80 Å². The Labute approximate surface area is 200 Å². The normalized spacial score (nSPS) is 16.3. The average Bonchev–Trinajstić information content (AvgIpc) is 3.43. The molecule has 0 bridgehead atoms. The highest BCUT2D eigenvalue weighted by molar-refractivity contribution is 6.30. The van der Waals surface area contributed by atoms with Gasteiger partial charge in [-0.25, -0.2) is 19.7 Å². The van der Waals surface area contributed by atoms with Gasteiger partial charge in [0.05, 0.1) is 5.52 Å². The number of hydrogen-bond acceptors (Lipinski definition) is 6. The topological polar surface area (TPSA) is 100 Å². The third-order valence-electron chi connectivity index (χ3n) is 6.70. The molecule has 0 spiro atoms. The maximum atomic E-state index is 13.2. The largest absolute Gasteiger partial charge is 0.356 e. The lowest BCUT2D eigenvalue weighted by Gasteiger charge is -2.33. The first-order valence-electron chi connectivity index (χ1n) is 11.3. The first-order valence-corrected chi connectivity index (χ1v) is 11.7. The number of hydrogen-bond donors (Lipinski definition) is 1. The lowest BCUT2D eigenvalue weighted by Crippen LogP contribution is -2.37. The predicted molar refractivity (Wildman–Crippen MR) is 130 cm³/mol. The molecule has 0 saturated carbocycles. The monoisotopic (exact) mass is 475 g/mol. The second kappa shape index (κ2) is 8.25. The van der Waals surface area contributed by atoms with Crippen LogP contribution < -0.4 is 15.5 Å². The molecule has 1 fully saturated rings. The Hall–Kier alpha value is -3.72. The summed E-state index contributed by atoms with van der Waals surface area (Å²) in [6.45, 7) is 2.05. The molecule has 3 aromatic heterocycles. The van der Waals surface area contributed by atoms with E-state index in [0.29, 0.717) is 22.9 Å². The molecule has 1 N–H and O–H groups in total. The Kier molecular flexibility index (Phi) is 5.06. The third-order valence-corrected chi connectivity index (χ3v) is 6.93. The molecular weight excluding hydrogens is 454 g/mol. The van der Waals surface area contributed by atoms with Gasteiger partial charge in [0.2, 0.25) is 0 Å².